The molecule has 0 spiro atoms. The third-order valence-electron chi connectivity index (χ3n) is 3.02. The third kappa shape index (κ3) is 4.10. The van der Waals surface area contributed by atoms with Crippen LogP contribution in [0.2, 0.25) is 0 Å². The fraction of sp³-hybridized carbons (Fsp3) is 0.333. The zero-order valence-corrected chi connectivity index (χ0v) is 11.0. The summed E-state index contributed by atoms with van der Waals surface area (Å²) in [7, 11) is 0. The van der Waals surface area contributed by atoms with Crippen molar-refractivity contribution < 1.29 is 4.39 Å². The number of halogens is 1. The fourth-order valence-electron chi connectivity index (χ4n) is 2.11. The zero-order valence-electron chi connectivity index (χ0n) is 11.0. The lowest BCUT2D eigenvalue weighted by Crippen LogP contribution is -2.21. The summed E-state index contributed by atoms with van der Waals surface area (Å²) < 4.78 is 13.2. The summed E-state index contributed by atoms with van der Waals surface area (Å²) in [5.41, 5.74) is 2.08. The Balaban J connectivity index is 2.04. The van der Waals surface area contributed by atoms with Gasteiger partial charge in [0.15, 0.2) is 0 Å². The second-order valence-electron chi connectivity index (χ2n) is 4.45. The molecule has 1 N–H and O–H groups in total. The maximum atomic E-state index is 13.2. The van der Waals surface area contributed by atoms with Crippen LogP contribution in [-0.2, 0) is 6.42 Å². The molecule has 2 aromatic rings. The highest BCUT2D eigenvalue weighted by atomic mass is 19.1. The van der Waals surface area contributed by atoms with Crippen LogP contribution in [0.1, 0.15) is 30.5 Å². The predicted octanol–water partition coefficient (Wildman–Crippen LogP) is 2.90. The number of hydrogen-bond donors (Lipinski definition) is 1. The molecular weight excluding hydrogens is 241 g/mol. The third-order valence-corrected chi connectivity index (χ3v) is 3.02. The van der Waals surface area contributed by atoms with Gasteiger partial charge in [0, 0.05) is 24.6 Å². The topological polar surface area (TPSA) is 37.8 Å². The standard InChI is InChI=1S/C15H18FN3/c1-2-19-15(13-8-14(16)11-18-10-13)6-5-12-4-3-7-17-9-12/h3-4,7-11,15,19H,2,5-6H2,1H3. The van der Waals surface area contributed by atoms with Gasteiger partial charge in [0.2, 0.25) is 0 Å². The number of nitrogens with one attached hydrogen (secondary N) is 1. The van der Waals surface area contributed by atoms with E-state index in [9.17, 15) is 4.39 Å². The van der Waals surface area contributed by atoms with Crippen molar-refractivity contribution in [3.63, 3.8) is 0 Å². The molecule has 0 aromatic carbocycles. The van der Waals surface area contributed by atoms with Crippen molar-refractivity contribution in [3.05, 3.63) is 59.9 Å². The first-order valence-corrected chi connectivity index (χ1v) is 6.52. The van der Waals surface area contributed by atoms with Crippen LogP contribution in [0.4, 0.5) is 4.39 Å². The molecule has 0 saturated carbocycles. The summed E-state index contributed by atoms with van der Waals surface area (Å²) in [6, 6.07) is 5.65. The van der Waals surface area contributed by atoms with Crippen molar-refractivity contribution in [2.45, 2.75) is 25.8 Å². The molecule has 2 aromatic heterocycles. The molecule has 2 heterocycles. The van der Waals surface area contributed by atoms with Crippen molar-refractivity contribution >= 4 is 0 Å². The molecule has 0 amide bonds. The largest absolute Gasteiger partial charge is 0.310 e. The highest BCUT2D eigenvalue weighted by molar-refractivity contribution is 5.16. The van der Waals surface area contributed by atoms with Gasteiger partial charge in [0.05, 0.1) is 6.20 Å². The molecule has 0 aliphatic carbocycles. The second-order valence-corrected chi connectivity index (χ2v) is 4.45. The molecule has 100 valence electrons. The van der Waals surface area contributed by atoms with E-state index >= 15 is 0 Å². The van der Waals surface area contributed by atoms with E-state index in [2.05, 4.69) is 21.4 Å². The Morgan fingerprint density at radius 2 is 2.16 bits per heavy atom. The van der Waals surface area contributed by atoms with E-state index < -0.39 is 0 Å². The van der Waals surface area contributed by atoms with Crippen LogP contribution in [-0.4, -0.2) is 16.5 Å². The molecule has 0 saturated heterocycles. The molecule has 0 radical (unpaired) electrons. The minimum absolute atomic E-state index is 0.119. The Morgan fingerprint density at radius 3 is 2.84 bits per heavy atom. The van der Waals surface area contributed by atoms with Gasteiger partial charge in [-0.3, -0.25) is 9.97 Å². The molecule has 0 aliphatic rings. The highest BCUT2D eigenvalue weighted by Gasteiger charge is 2.11. The number of hydrogen-bond acceptors (Lipinski definition) is 3. The van der Waals surface area contributed by atoms with E-state index in [1.165, 1.54) is 11.8 Å². The SMILES string of the molecule is CCNC(CCc1cccnc1)c1cncc(F)c1. The van der Waals surface area contributed by atoms with Crippen molar-refractivity contribution in [1.82, 2.24) is 15.3 Å². The highest BCUT2D eigenvalue weighted by Crippen LogP contribution is 2.19. The van der Waals surface area contributed by atoms with Crippen molar-refractivity contribution in [1.29, 1.82) is 0 Å². The first kappa shape index (κ1) is 13.6. The minimum atomic E-state index is -0.290. The predicted molar refractivity (Wildman–Crippen MR) is 73.2 cm³/mol. The molecule has 4 heteroatoms. The monoisotopic (exact) mass is 259 g/mol. The summed E-state index contributed by atoms with van der Waals surface area (Å²) >= 11 is 0. The molecule has 3 nitrogen and oxygen atoms in total. The normalized spacial score (nSPS) is 12.3. The molecule has 0 aliphatic heterocycles. The molecule has 1 atom stereocenters. The molecular formula is C15H18FN3. The lowest BCUT2D eigenvalue weighted by molar-refractivity contribution is 0.508. The van der Waals surface area contributed by atoms with E-state index in [1.54, 1.807) is 18.5 Å². The Bertz CT molecular complexity index is 502. The van der Waals surface area contributed by atoms with Crippen LogP contribution in [0, 0.1) is 5.82 Å². The van der Waals surface area contributed by atoms with E-state index in [0.29, 0.717) is 0 Å². The van der Waals surface area contributed by atoms with Crippen molar-refractivity contribution in [3.8, 4) is 0 Å². The lowest BCUT2D eigenvalue weighted by atomic mass is 10.0. The molecule has 1 unspecified atom stereocenters. The molecule has 2 rings (SSSR count). The summed E-state index contributed by atoms with van der Waals surface area (Å²) in [4.78, 5) is 8.02. The Labute approximate surface area is 112 Å². The number of aryl methyl sites for hydroxylation is 1. The van der Waals surface area contributed by atoms with Gasteiger partial charge in [0.25, 0.3) is 0 Å². The van der Waals surface area contributed by atoms with Gasteiger partial charge in [-0.25, -0.2) is 4.39 Å². The average Bonchev–Trinajstić information content (AvgIpc) is 2.44. The van der Waals surface area contributed by atoms with Crippen LogP contribution in [0.25, 0.3) is 0 Å². The van der Waals surface area contributed by atoms with E-state index in [4.69, 9.17) is 0 Å². The number of pyridine rings is 2. The van der Waals surface area contributed by atoms with Gasteiger partial charge < -0.3 is 5.32 Å². The smallest absolute Gasteiger partial charge is 0.141 e. The van der Waals surface area contributed by atoms with Gasteiger partial charge >= 0.3 is 0 Å². The van der Waals surface area contributed by atoms with Crippen molar-refractivity contribution in [2.75, 3.05) is 6.54 Å². The zero-order chi connectivity index (χ0) is 13.5. The maximum Gasteiger partial charge on any atom is 0.141 e. The van der Waals surface area contributed by atoms with Gasteiger partial charge in [-0.15, -0.1) is 0 Å². The lowest BCUT2D eigenvalue weighted by Gasteiger charge is -2.18. The molecule has 0 fully saturated rings. The maximum absolute atomic E-state index is 13.2. The van der Waals surface area contributed by atoms with Gasteiger partial charge in [-0.2, -0.15) is 0 Å². The summed E-state index contributed by atoms with van der Waals surface area (Å²) in [6.45, 7) is 2.89. The average molecular weight is 259 g/mol. The van der Waals surface area contributed by atoms with Crippen molar-refractivity contribution in [2.24, 2.45) is 0 Å². The molecule has 0 bridgehead atoms. The first-order valence-electron chi connectivity index (χ1n) is 6.52. The number of rotatable bonds is 6. The van der Waals surface area contributed by atoms with Crippen LogP contribution >= 0.6 is 0 Å². The van der Waals surface area contributed by atoms with E-state index in [1.807, 2.05) is 19.2 Å². The van der Waals surface area contributed by atoms with E-state index in [-0.39, 0.29) is 11.9 Å². The number of aromatic nitrogens is 2. The van der Waals surface area contributed by atoms with Crippen LogP contribution in [0.5, 0.6) is 0 Å². The first-order chi connectivity index (χ1) is 9.29. The fourth-order valence-corrected chi connectivity index (χ4v) is 2.11. The van der Waals surface area contributed by atoms with Crippen LogP contribution in [0.15, 0.2) is 43.0 Å². The Kier molecular flexibility index (Phi) is 4.98. The second kappa shape index (κ2) is 6.95. The Hall–Kier alpha value is -1.81. The van der Waals surface area contributed by atoms with Crippen LogP contribution in [0.3, 0.4) is 0 Å². The summed E-state index contributed by atoms with van der Waals surface area (Å²) in [6.07, 6.45) is 8.38. The van der Waals surface area contributed by atoms with E-state index in [0.717, 1.165) is 24.9 Å². The van der Waals surface area contributed by atoms with Gasteiger partial charge in [-0.1, -0.05) is 13.0 Å². The van der Waals surface area contributed by atoms with Gasteiger partial charge in [-0.05, 0) is 42.6 Å². The minimum Gasteiger partial charge on any atom is -0.310 e. The summed E-state index contributed by atoms with van der Waals surface area (Å²) in [5, 5.41) is 3.37. The quantitative estimate of drug-likeness (QED) is 0.866. The number of nitrogens with zero attached hydrogens (tertiary/aromatic N) is 2. The Morgan fingerprint density at radius 1 is 1.26 bits per heavy atom. The molecule has 19 heavy (non-hydrogen) atoms. The summed E-state index contributed by atoms with van der Waals surface area (Å²) in [5.74, 6) is -0.290. The van der Waals surface area contributed by atoms with Crippen LogP contribution < -0.4 is 5.32 Å². The van der Waals surface area contributed by atoms with Gasteiger partial charge in [0.1, 0.15) is 5.82 Å².